The molecule has 0 aromatic heterocycles. The largest absolute Gasteiger partial charge is 0.323 e. The molecule has 2 aromatic rings. The number of carbonyl (C=O) groups excluding carboxylic acids is 2. The topological polar surface area (TPSA) is 49.4 Å². The number of amides is 2. The van der Waals surface area contributed by atoms with Gasteiger partial charge in [-0.2, -0.15) is 0 Å². The van der Waals surface area contributed by atoms with Crippen molar-refractivity contribution in [1.82, 2.24) is 0 Å². The summed E-state index contributed by atoms with van der Waals surface area (Å²) in [4.78, 5) is 24.9. The summed E-state index contributed by atoms with van der Waals surface area (Å²) >= 11 is 11.9. The van der Waals surface area contributed by atoms with Crippen molar-refractivity contribution in [2.45, 2.75) is 13.3 Å². The molecule has 0 fully saturated rings. The van der Waals surface area contributed by atoms with E-state index in [0.29, 0.717) is 6.07 Å². The predicted octanol–water partition coefficient (Wildman–Crippen LogP) is 4.65. The number of rotatable bonds is 5. The minimum absolute atomic E-state index is 0.0915. The molecule has 0 saturated carbocycles. The number of nitrogens with zero attached hydrogens (tertiary/aromatic N) is 1. The van der Waals surface area contributed by atoms with Crippen molar-refractivity contribution in [3.8, 4) is 0 Å². The average molecular weight is 387 g/mol. The Balaban J connectivity index is 2.08. The van der Waals surface area contributed by atoms with Gasteiger partial charge >= 0.3 is 0 Å². The van der Waals surface area contributed by atoms with Gasteiger partial charge in [0.25, 0.3) is 0 Å². The zero-order valence-electron chi connectivity index (χ0n) is 13.2. The highest BCUT2D eigenvalue weighted by atomic mass is 35.5. The molecule has 0 unspecified atom stereocenters. The molecule has 0 radical (unpaired) electrons. The smallest absolute Gasteiger partial charge is 0.226 e. The Labute approximate surface area is 153 Å². The van der Waals surface area contributed by atoms with Gasteiger partial charge in [0.1, 0.15) is 11.6 Å². The molecular weight excluding hydrogens is 373 g/mol. The molecule has 25 heavy (non-hydrogen) atoms. The zero-order valence-corrected chi connectivity index (χ0v) is 14.7. The van der Waals surface area contributed by atoms with Crippen LogP contribution in [0.5, 0.6) is 0 Å². The van der Waals surface area contributed by atoms with E-state index in [1.54, 1.807) is 18.2 Å². The maximum atomic E-state index is 13.9. The van der Waals surface area contributed by atoms with Gasteiger partial charge in [-0.3, -0.25) is 9.59 Å². The van der Waals surface area contributed by atoms with Crippen molar-refractivity contribution in [1.29, 1.82) is 0 Å². The van der Waals surface area contributed by atoms with Crippen LogP contribution in [0.3, 0.4) is 0 Å². The first-order valence-corrected chi connectivity index (χ1v) is 8.02. The summed E-state index contributed by atoms with van der Waals surface area (Å²) in [5.74, 6) is -2.57. The van der Waals surface area contributed by atoms with Crippen LogP contribution in [0.15, 0.2) is 36.4 Å². The van der Waals surface area contributed by atoms with Crippen LogP contribution in [-0.4, -0.2) is 18.4 Å². The lowest BCUT2D eigenvalue weighted by Gasteiger charge is -2.21. The standard InChI is InChI=1S/C17H14Cl2F2N2O2/c1-10(24)23(15-6-5-11(20)9-14(15)21)8-7-16(25)22-17-12(18)3-2-4-13(17)19/h2-6,9H,7-8H2,1H3,(H,22,25). The van der Waals surface area contributed by atoms with Gasteiger partial charge in [0.05, 0.1) is 21.4 Å². The Kier molecular flexibility index (Phi) is 6.33. The molecule has 0 aliphatic rings. The van der Waals surface area contributed by atoms with Crippen LogP contribution in [0.1, 0.15) is 13.3 Å². The van der Waals surface area contributed by atoms with Crippen molar-refractivity contribution in [2.75, 3.05) is 16.8 Å². The second-order valence-corrected chi connectivity index (χ2v) is 5.98. The van der Waals surface area contributed by atoms with Gasteiger partial charge in [-0.15, -0.1) is 0 Å². The Morgan fingerprint density at radius 2 is 1.76 bits per heavy atom. The van der Waals surface area contributed by atoms with Gasteiger partial charge < -0.3 is 10.2 Å². The van der Waals surface area contributed by atoms with E-state index in [-0.39, 0.29) is 34.4 Å². The van der Waals surface area contributed by atoms with Crippen molar-refractivity contribution in [3.05, 3.63) is 58.1 Å². The van der Waals surface area contributed by atoms with E-state index in [1.165, 1.54) is 6.92 Å². The van der Waals surface area contributed by atoms with Crippen LogP contribution in [0.2, 0.25) is 10.0 Å². The molecule has 8 heteroatoms. The second-order valence-electron chi connectivity index (χ2n) is 5.16. The number of hydrogen-bond donors (Lipinski definition) is 1. The van der Waals surface area contributed by atoms with Crippen LogP contribution in [0.4, 0.5) is 20.2 Å². The third-order valence-electron chi connectivity index (χ3n) is 3.37. The molecule has 4 nitrogen and oxygen atoms in total. The maximum Gasteiger partial charge on any atom is 0.226 e. The van der Waals surface area contributed by atoms with Crippen molar-refractivity contribution in [2.24, 2.45) is 0 Å². The molecule has 0 aliphatic carbocycles. The lowest BCUT2D eigenvalue weighted by molar-refractivity contribution is -0.117. The van der Waals surface area contributed by atoms with Crippen LogP contribution in [0.25, 0.3) is 0 Å². The maximum absolute atomic E-state index is 13.9. The average Bonchev–Trinajstić information content (AvgIpc) is 2.52. The zero-order chi connectivity index (χ0) is 18.6. The first kappa shape index (κ1) is 19.1. The predicted molar refractivity (Wildman–Crippen MR) is 94.1 cm³/mol. The first-order chi connectivity index (χ1) is 11.8. The highest BCUT2D eigenvalue weighted by Crippen LogP contribution is 2.30. The van der Waals surface area contributed by atoms with E-state index in [0.717, 1.165) is 17.0 Å². The molecule has 2 aromatic carbocycles. The molecule has 2 amide bonds. The van der Waals surface area contributed by atoms with Gasteiger partial charge in [0.15, 0.2) is 0 Å². The van der Waals surface area contributed by atoms with E-state index in [9.17, 15) is 18.4 Å². The molecular formula is C17H14Cl2F2N2O2. The van der Waals surface area contributed by atoms with Gasteiger partial charge in [-0.1, -0.05) is 29.3 Å². The van der Waals surface area contributed by atoms with E-state index >= 15 is 0 Å². The summed E-state index contributed by atoms with van der Waals surface area (Å²) < 4.78 is 26.9. The van der Waals surface area contributed by atoms with Crippen LogP contribution >= 0.6 is 23.2 Å². The van der Waals surface area contributed by atoms with Gasteiger partial charge in [-0.05, 0) is 24.3 Å². The summed E-state index contributed by atoms with van der Waals surface area (Å²) in [7, 11) is 0. The summed E-state index contributed by atoms with van der Waals surface area (Å²) in [6.45, 7) is 1.14. The minimum Gasteiger partial charge on any atom is -0.323 e. The van der Waals surface area contributed by atoms with E-state index in [2.05, 4.69) is 5.32 Å². The molecule has 0 heterocycles. The summed E-state index contributed by atoms with van der Waals surface area (Å²) in [6.07, 6.45) is -0.127. The van der Waals surface area contributed by atoms with E-state index in [4.69, 9.17) is 23.2 Å². The fourth-order valence-electron chi connectivity index (χ4n) is 2.18. The summed E-state index contributed by atoms with van der Waals surface area (Å²) in [6, 6.07) is 7.63. The SMILES string of the molecule is CC(=O)N(CCC(=O)Nc1c(Cl)cccc1Cl)c1ccc(F)cc1F. The van der Waals surface area contributed by atoms with Gasteiger partial charge in [-0.25, -0.2) is 8.78 Å². The van der Waals surface area contributed by atoms with Crippen molar-refractivity contribution in [3.63, 3.8) is 0 Å². The molecule has 132 valence electrons. The van der Waals surface area contributed by atoms with E-state index < -0.39 is 23.4 Å². The van der Waals surface area contributed by atoms with Crippen molar-refractivity contribution >= 4 is 46.4 Å². The first-order valence-electron chi connectivity index (χ1n) is 7.26. The van der Waals surface area contributed by atoms with Crippen LogP contribution in [-0.2, 0) is 9.59 Å². The molecule has 0 bridgehead atoms. The van der Waals surface area contributed by atoms with E-state index in [1.807, 2.05) is 0 Å². The quantitative estimate of drug-likeness (QED) is 0.812. The number of hydrogen-bond acceptors (Lipinski definition) is 2. The third-order valence-corrected chi connectivity index (χ3v) is 4.00. The Morgan fingerprint density at radius 3 is 2.32 bits per heavy atom. The molecule has 0 spiro atoms. The number of para-hydroxylation sites is 1. The lowest BCUT2D eigenvalue weighted by atomic mass is 10.2. The monoisotopic (exact) mass is 386 g/mol. The second kappa shape index (κ2) is 8.27. The molecule has 0 atom stereocenters. The molecule has 1 N–H and O–H groups in total. The lowest BCUT2D eigenvalue weighted by Crippen LogP contribution is -2.32. The molecule has 0 aliphatic heterocycles. The molecule has 0 saturated heterocycles. The van der Waals surface area contributed by atoms with Crippen LogP contribution in [0, 0.1) is 11.6 Å². The summed E-state index contributed by atoms with van der Waals surface area (Å²) in [5.41, 5.74) is 0.163. The van der Waals surface area contributed by atoms with Gasteiger partial charge in [0.2, 0.25) is 11.8 Å². The number of nitrogens with one attached hydrogen (secondary N) is 1. The third kappa shape index (κ3) is 4.90. The van der Waals surface area contributed by atoms with Crippen molar-refractivity contribution < 1.29 is 18.4 Å². The fourth-order valence-corrected chi connectivity index (χ4v) is 2.67. The fraction of sp³-hybridized carbons (Fsp3) is 0.176. The minimum atomic E-state index is -0.884. The highest BCUT2D eigenvalue weighted by molar-refractivity contribution is 6.39. The summed E-state index contributed by atoms with van der Waals surface area (Å²) in [5, 5.41) is 3.10. The normalized spacial score (nSPS) is 10.4. The van der Waals surface area contributed by atoms with Gasteiger partial charge in [0, 0.05) is 26.0 Å². The Morgan fingerprint density at radius 1 is 1.12 bits per heavy atom. The Bertz CT molecular complexity index is 795. The molecule has 2 rings (SSSR count). The highest BCUT2D eigenvalue weighted by Gasteiger charge is 2.18. The number of halogens is 4. The Hall–Kier alpha value is -2.18. The number of anilines is 2. The number of carbonyl (C=O) groups is 2. The number of benzene rings is 2. The van der Waals surface area contributed by atoms with Crippen LogP contribution < -0.4 is 10.2 Å².